The zero-order chi connectivity index (χ0) is 12.4. The minimum absolute atomic E-state index is 0.383. The highest BCUT2D eigenvalue weighted by atomic mass is 32.1. The van der Waals surface area contributed by atoms with E-state index in [9.17, 15) is 4.79 Å². The number of methoxy groups -OCH3 is 1. The average Bonchev–Trinajstić information content (AvgIpc) is 2.70. The second-order valence-corrected chi connectivity index (χ2v) is 4.97. The maximum Gasteiger partial charge on any atom is 0.358 e. The third kappa shape index (κ3) is 2.36. The van der Waals surface area contributed by atoms with Crippen molar-refractivity contribution in [2.45, 2.75) is 13.8 Å². The van der Waals surface area contributed by atoms with Crippen LogP contribution in [0.3, 0.4) is 0 Å². The van der Waals surface area contributed by atoms with E-state index in [1.165, 1.54) is 18.4 Å². The fourth-order valence-corrected chi connectivity index (χ4v) is 2.55. The summed E-state index contributed by atoms with van der Waals surface area (Å²) in [6.45, 7) is 3.91. The summed E-state index contributed by atoms with van der Waals surface area (Å²) in [5, 5.41) is 0.863. The molecular weight excluding hydrogens is 234 g/mol. The first kappa shape index (κ1) is 11.8. The predicted molar refractivity (Wildman–Crippen MR) is 68.4 cm³/mol. The molecular formula is C13H13NO2S. The van der Waals surface area contributed by atoms with E-state index in [-0.39, 0.29) is 5.97 Å². The van der Waals surface area contributed by atoms with Gasteiger partial charge in [0.25, 0.3) is 0 Å². The van der Waals surface area contributed by atoms with Gasteiger partial charge >= 0.3 is 5.97 Å². The molecule has 0 N–H and O–H groups in total. The summed E-state index contributed by atoms with van der Waals surface area (Å²) in [5.41, 5.74) is 2.57. The van der Waals surface area contributed by atoms with Crippen molar-refractivity contribution < 1.29 is 9.53 Å². The van der Waals surface area contributed by atoms with Crippen molar-refractivity contribution in [2.75, 3.05) is 7.11 Å². The number of hydrogen-bond donors (Lipinski definition) is 0. The molecule has 1 aromatic carbocycles. The largest absolute Gasteiger partial charge is 0.464 e. The highest BCUT2D eigenvalue weighted by Crippen LogP contribution is 2.30. The Balaban J connectivity index is 2.55. The van der Waals surface area contributed by atoms with Gasteiger partial charge in [-0.15, -0.1) is 11.3 Å². The molecule has 0 atom stereocenters. The number of aryl methyl sites for hydroxylation is 2. The maximum atomic E-state index is 11.6. The van der Waals surface area contributed by atoms with Crippen molar-refractivity contribution in [1.29, 1.82) is 0 Å². The Kier molecular flexibility index (Phi) is 3.24. The zero-order valence-electron chi connectivity index (χ0n) is 9.98. The summed E-state index contributed by atoms with van der Waals surface area (Å²) in [7, 11) is 1.37. The van der Waals surface area contributed by atoms with Gasteiger partial charge in [-0.05, 0) is 19.4 Å². The predicted octanol–water partition coefficient (Wildman–Crippen LogP) is 3.21. The molecule has 0 aliphatic heterocycles. The second kappa shape index (κ2) is 4.67. The van der Waals surface area contributed by atoms with Crippen LogP contribution in [0.4, 0.5) is 0 Å². The first-order valence-corrected chi connectivity index (χ1v) is 6.06. The maximum absolute atomic E-state index is 11.6. The Morgan fingerprint density at radius 1 is 1.35 bits per heavy atom. The van der Waals surface area contributed by atoms with Crippen molar-refractivity contribution in [3.8, 4) is 10.4 Å². The molecule has 0 bridgehead atoms. The van der Waals surface area contributed by atoms with Crippen LogP contribution < -0.4 is 0 Å². The number of carbonyl (C=O) groups excluding carboxylic acids is 1. The van der Waals surface area contributed by atoms with Gasteiger partial charge in [-0.3, -0.25) is 0 Å². The lowest BCUT2D eigenvalue weighted by Crippen LogP contribution is -2.03. The number of hydrogen-bond acceptors (Lipinski definition) is 4. The number of nitrogens with zero attached hydrogens (tertiary/aromatic N) is 1. The van der Waals surface area contributed by atoms with Gasteiger partial charge in [-0.25, -0.2) is 9.78 Å². The Bertz CT molecular complexity index is 560. The molecule has 0 saturated heterocycles. The van der Waals surface area contributed by atoms with Crippen LogP contribution in [0.2, 0.25) is 0 Å². The molecule has 3 nitrogen and oxygen atoms in total. The van der Waals surface area contributed by atoms with Crippen LogP contribution in [-0.4, -0.2) is 18.1 Å². The van der Waals surface area contributed by atoms with E-state index in [4.69, 9.17) is 4.74 Å². The van der Waals surface area contributed by atoms with Crippen LogP contribution in [0.25, 0.3) is 10.4 Å². The first-order chi connectivity index (χ1) is 8.11. The highest BCUT2D eigenvalue weighted by molar-refractivity contribution is 7.15. The summed E-state index contributed by atoms with van der Waals surface area (Å²) >= 11 is 1.51. The van der Waals surface area contributed by atoms with Crippen molar-refractivity contribution in [3.05, 3.63) is 40.5 Å². The SMILES string of the molecule is COC(=O)c1nc(C)sc1-c1cccc(C)c1. The van der Waals surface area contributed by atoms with Gasteiger partial charge in [0.2, 0.25) is 0 Å². The topological polar surface area (TPSA) is 39.2 Å². The van der Waals surface area contributed by atoms with Gasteiger partial charge in [-0.2, -0.15) is 0 Å². The smallest absolute Gasteiger partial charge is 0.358 e. The third-order valence-corrected chi connectivity index (χ3v) is 3.41. The molecule has 17 heavy (non-hydrogen) atoms. The minimum atomic E-state index is -0.383. The van der Waals surface area contributed by atoms with Crippen LogP contribution in [0.5, 0.6) is 0 Å². The molecule has 1 aromatic heterocycles. The molecule has 0 aliphatic rings. The van der Waals surface area contributed by atoms with E-state index in [0.29, 0.717) is 5.69 Å². The minimum Gasteiger partial charge on any atom is -0.464 e. The van der Waals surface area contributed by atoms with Crippen LogP contribution in [0, 0.1) is 13.8 Å². The van der Waals surface area contributed by atoms with Gasteiger partial charge in [0, 0.05) is 0 Å². The molecule has 2 rings (SSSR count). The summed E-state index contributed by atoms with van der Waals surface area (Å²) < 4.78 is 4.75. The van der Waals surface area contributed by atoms with Crippen molar-refractivity contribution in [1.82, 2.24) is 4.98 Å². The van der Waals surface area contributed by atoms with Gasteiger partial charge in [0.1, 0.15) is 0 Å². The zero-order valence-corrected chi connectivity index (χ0v) is 10.8. The summed E-state index contributed by atoms with van der Waals surface area (Å²) in [5.74, 6) is -0.383. The monoisotopic (exact) mass is 247 g/mol. The fourth-order valence-electron chi connectivity index (χ4n) is 1.64. The summed E-state index contributed by atoms with van der Waals surface area (Å²) in [4.78, 5) is 16.7. The van der Waals surface area contributed by atoms with Gasteiger partial charge in [0.15, 0.2) is 5.69 Å². The van der Waals surface area contributed by atoms with E-state index in [0.717, 1.165) is 21.0 Å². The molecule has 1 heterocycles. The summed E-state index contributed by atoms with van der Waals surface area (Å²) in [6, 6.07) is 8.02. The molecule has 88 valence electrons. The lowest BCUT2D eigenvalue weighted by molar-refractivity contribution is 0.0595. The number of esters is 1. The number of benzene rings is 1. The van der Waals surface area contributed by atoms with E-state index in [1.54, 1.807) is 0 Å². The van der Waals surface area contributed by atoms with E-state index in [1.807, 2.05) is 38.1 Å². The van der Waals surface area contributed by atoms with Crippen LogP contribution in [0.1, 0.15) is 21.1 Å². The molecule has 0 saturated carbocycles. The standard InChI is InChI=1S/C13H13NO2S/c1-8-5-4-6-10(7-8)12-11(13(15)16-3)14-9(2)17-12/h4-7H,1-3H3. The molecule has 0 fully saturated rings. The van der Waals surface area contributed by atoms with Crippen molar-refractivity contribution >= 4 is 17.3 Å². The van der Waals surface area contributed by atoms with Gasteiger partial charge < -0.3 is 4.74 Å². The van der Waals surface area contributed by atoms with Gasteiger partial charge in [0.05, 0.1) is 17.0 Å². The number of carbonyl (C=O) groups is 1. The Morgan fingerprint density at radius 2 is 2.12 bits per heavy atom. The molecule has 4 heteroatoms. The molecule has 0 unspecified atom stereocenters. The van der Waals surface area contributed by atoms with Crippen molar-refractivity contribution in [3.63, 3.8) is 0 Å². The normalized spacial score (nSPS) is 10.3. The van der Waals surface area contributed by atoms with E-state index >= 15 is 0 Å². The highest BCUT2D eigenvalue weighted by Gasteiger charge is 2.18. The summed E-state index contributed by atoms with van der Waals surface area (Å²) in [6.07, 6.45) is 0. The Hall–Kier alpha value is -1.68. The quantitative estimate of drug-likeness (QED) is 0.765. The Morgan fingerprint density at radius 3 is 2.76 bits per heavy atom. The molecule has 2 aromatic rings. The van der Waals surface area contributed by atoms with Crippen LogP contribution >= 0.6 is 11.3 Å². The molecule has 0 amide bonds. The average molecular weight is 247 g/mol. The van der Waals surface area contributed by atoms with Gasteiger partial charge in [-0.1, -0.05) is 29.8 Å². The van der Waals surface area contributed by atoms with Crippen molar-refractivity contribution in [2.24, 2.45) is 0 Å². The number of thiazole rings is 1. The van der Waals surface area contributed by atoms with Crippen LogP contribution in [-0.2, 0) is 4.74 Å². The number of aromatic nitrogens is 1. The van der Waals surface area contributed by atoms with Crippen LogP contribution in [0.15, 0.2) is 24.3 Å². The van der Waals surface area contributed by atoms with E-state index in [2.05, 4.69) is 4.98 Å². The second-order valence-electron chi connectivity index (χ2n) is 3.77. The first-order valence-electron chi connectivity index (χ1n) is 5.24. The Labute approximate surface area is 104 Å². The lowest BCUT2D eigenvalue weighted by Gasteiger charge is -2.01. The fraction of sp³-hybridized carbons (Fsp3) is 0.231. The third-order valence-electron chi connectivity index (χ3n) is 2.39. The molecule has 0 aliphatic carbocycles. The molecule has 0 radical (unpaired) electrons. The number of ether oxygens (including phenoxy) is 1. The lowest BCUT2D eigenvalue weighted by atomic mass is 10.1. The molecule has 0 spiro atoms. The van der Waals surface area contributed by atoms with E-state index < -0.39 is 0 Å². The number of rotatable bonds is 2.